The number of aromatic nitrogens is 1. The van der Waals surface area contributed by atoms with Gasteiger partial charge in [-0.3, -0.25) is 0 Å². The number of hydrogen-bond donors (Lipinski definition) is 1. The van der Waals surface area contributed by atoms with E-state index in [0.717, 1.165) is 22.7 Å². The van der Waals surface area contributed by atoms with Crippen LogP contribution in [0.3, 0.4) is 0 Å². The SMILES string of the molecule is CC1(C)CCC(Sc2nc3ccccc3o2)C1N. The fourth-order valence-electron chi connectivity index (χ4n) is 2.53. The summed E-state index contributed by atoms with van der Waals surface area (Å²) in [5.74, 6) is 0. The number of oxazole rings is 1. The lowest BCUT2D eigenvalue weighted by Gasteiger charge is -2.25. The second-order valence-corrected chi connectivity index (χ2v) is 6.85. The first kappa shape index (κ1) is 12.1. The van der Waals surface area contributed by atoms with E-state index in [0.29, 0.717) is 5.25 Å². The Balaban J connectivity index is 1.81. The summed E-state index contributed by atoms with van der Waals surface area (Å²) >= 11 is 1.68. The Labute approximate surface area is 111 Å². The van der Waals surface area contributed by atoms with Crippen LogP contribution < -0.4 is 5.73 Å². The monoisotopic (exact) mass is 262 g/mol. The van der Waals surface area contributed by atoms with Crippen molar-refractivity contribution in [3.05, 3.63) is 24.3 Å². The zero-order chi connectivity index (χ0) is 12.8. The van der Waals surface area contributed by atoms with Crippen LogP contribution in [0.2, 0.25) is 0 Å². The smallest absolute Gasteiger partial charge is 0.257 e. The van der Waals surface area contributed by atoms with E-state index in [-0.39, 0.29) is 11.5 Å². The fraction of sp³-hybridized carbons (Fsp3) is 0.500. The van der Waals surface area contributed by atoms with Gasteiger partial charge < -0.3 is 10.2 Å². The van der Waals surface area contributed by atoms with Crippen LogP contribution >= 0.6 is 11.8 Å². The number of thioether (sulfide) groups is 1. The average Bonchev–Trinajstić information content (AvgIpc) is 2.85. The summed E-state index contributed by atoms with van der Waals surface area (Å²) in [4.78, 5) is 4.50. The zero-order valence-electron chi connectivity index (χ0n) is 10.7. The first-order valence-corrected chi connectivity index (χ1v) is 7.22. The molecule has 1 aromatic carbocycles. The van der Waals surface area contributed by atoms with Crippen molar-refractivity contribution in [3.63, 3.8) is 0 Å². The van der Waals surface area contributed by atoms with E-state index in [1.807, 2.05) is 24.3 Å². The van der Waals surface area contributed by atoms with Crippen molar-refractivity contribution in [3.8, 4) is 0 Å². The third-order valence-corrected chi connectivity index (χ3v) is 5.11. The van der Waals surface area contributed by atoms with E-state index in [2.05, 4.69) is 18.8 Å². The summed E-state index contributed by atoms with van der Waals surface area (Å²) in [5, 5.41) is 1.16. The van der Waals surface area contributed by atoms with Crippen molar-refractivity contribution in [1.82, 2.24) is 4.98 Å². The van der Waals surface area contributed by atoms with Crippen molar-refractivity contribution in [1.29, 1.82) is 0 Å². The maximum Gasteiger partial charge on any atom is 0.257 e. The molecule has 96 valence electrons. The van der Waals surface area contributed by atoms with E-state index < -0.39 is 0 Å². The Morgan fingerprint density at radius 3 is 2.83 bits per heavy atom. The first-order chi connectivity index (χ1) is 8.56. The molecule has 2 unspecified atom stereocenters. The third kappa shape index (κ3) is 2.04. The average molecular weight is 262 g/mol. The second kappa shape index (κ2) is 4.28. The molecule has 0 aliphatic heterocycles. The molecule has 2 atom stereocenters. The van der Waals surface area contributed by atoms with Crippen molar-refractivity contribution in [2.45, 2.75) is 43.2 Å². The van der Waals surface area contributed by atoms with Gasteiger partial charge in [-0.15, -0.1) is 0 Å². The highest BCUT2D eigenvalue weighted by atomic mass is 32.2. The molecule has 1 fully saturated rings. The van der Waals surface area contributed by atoms with Gasteiger partial charge in [-0.1, -0.05) is 37.7 Å². The van der Waals surface area contributed by atoms with E-state index in [9.17, 15) is 0 Å². The number of nitrogens with two attached hydrogens (primary N) is 1. The zero-order valence-corrected chi connectivity index (χ0v) is 11.5. The molecule has 0 saturated heterocycles. The number of rotatable bonds is 2. The highest BCUT2D eigenvalue weighted by Gasteiger charge is 2.40. The summed E-state index contributed by atoms with van der Waals surface area (Å²) in [5.41, 5.74) is 8.31. The molecule has 0 spiro atoms. The molecule has 2 aromatic rings. The Kier molecular flexibility index (Phi) is 2.87. The van der Waals surface area contributed by atoms with E-state index >= 15 is 0 Å². The Bertz CT molecular complexity index is 531. The second-order valence-electron chi connectivity index (χ2n) is 5.66. The Morgan fingerprint density at radius 1 is 1.39 bits per heavy atom. The van der Waals surface area contributed by atoms with Gasteiger partial charge in [0.05, 0.1) is 0 Å². The van der Waals surface area contributed by atoms with Crippen LogP contribution in [0.15, 0.2) is 33.9 Å². The fourth-order valence-corrected chi connectivity index (χ4v) is 3.83. The normalized spacial score (nSPS) is 26.8. The molecule has 3 rings (SSSR count). The lowest BCUT2D eigenvalue weighted by atomic mass is 9.88. The van der Waals surface area contributed by atoms with Gasteiger partial charge in [0, 0.05) is 11.3 Å². The largest absolute Gasteiger partial charge is 0.431 e. The quantitative estimate of drug-likeness (QED) is 0.900. The number of nitrogens with zero attached hydrogens (tertiary/aromatic N) is 1. The third-order valence-electron chi connectivity index (χ3n) is 3.90. The molecule has 3 nitrogen and oxygen atoms in total. The standard InChI is InChI=1S/C14H18N2OS/c1-14(2)8-7-11(12(14)15)18-13-16-9-5-3-4-6-10(9)17-13/h3-6,11-12H,7-8,15H2,1-2H3. The van der Waals surface area contributed by atoms with E-state index in [1.54, 1.807) is 11.8 Å². The molecule has 1 aromatic heterocycles. The van der Waals surface area contributed by atoms with Gasteiger partial charge in [0.1, 0.15) is 5.52 Å². The van der Waals surface area contributed by atoms with Gasteiger partial charge in [-0.2, -0.15) is 0 Å². The predicted molar refractivity (Wildman–Crippen MR) is 74.6 cm³/mol. The molecule has 18 heavy (non-hydrogen) atoms. The van der Waals surface area contributed by atoms with Crippen molar-refractivity contribution >= 4 is 22.9 Å². The number of para-hydroxylation sites is 2. The van der Waals surface area contributed by atoms with Gasteiger partial charge in [-0.05, 0) is 30.4 Å². The molecule has 2 N–H and O–H groups in total. The minimum absolute atomic E-state index is 0.206. The van der Waals surface area contributed by atoms with Crippen LogP contribution in [0.1, 0.15) is 26.7 Å². The van der Waals surface area contributed by atoms with Gasteiger partial charge >= 0.3 is 0 Å². The molecule has 1 aliphatic rings. The van der Waals surface area contributed by atoms with Crippen LogP contribution in [0.25, 0.3) is 11.1 Å². The van der Waals surface area contributed by atoms with Gasteiger partial charge in [-0.25, -0.2) is 4.98 Å². The predicted octanol–water partition coefficient (Wildman–Crippen LogP) is 3.44. The number of fused-ring (bicyclic) bond motifs is 1. The summed E-state index contributed by atoms with van der Waals surface area (Å²) in [6, 6.07) is 8.07. The minimum Gasteiger partial charge on any atom is -0.431 e. The topological polar surface area (TPSA) is 52.0 Å². The van der Waals surface area contributed by atoms with Crippen molar-refractivity contribution in [2.24, 2.45) is 11.1 Å². The Hall–Kier alpha value is -1.00. The highest BCUT2D eigenvalue weighted by Crippen LogP contribution is 2.44. The maximum absolute atomic E-state index is 6.31. The molecule has 0 bridgehead atoms. The first-order valence-electron chi connectivity index (χ1n) is 6.34. The van der Waals surface area contributed by atoms with Crippen molar-refractivity contribution in [2.75, 3.05) is 0 Å². The van der Waals surface area contributed by atoms with E-state index in [1.165, 1.54) is 6.42 Å². The van der Waals surface area contributed by atoms with Crippen LogP contribution in [-0.4, -0.2) is 16.3 Å². The molecule has 1 heterocycles. The lowest BCUT2D eigenvalue weighted by molar-refractivity contribution is 0.334. The van der Waals surface area contributed by atoms with E-state index in [4.69, 9.17) is 10.2 Å². The summed E-state index contributed by atoms with van der Waals surface area (Å²) < 4.78 is 5.74. The van der Waals surface area contributed by atoms with Gasteiger partial charge in [0.25, 0.3) is 5.22 Å². The van der Waals surface area contributed by atoms with Crippen LogP contribution in [0.5, 0.6) is 0 Å². The lowest BCUT2D eigenvalue weighted by Crippen LogP contribution is -2.38. The summed E-state index contributed by atoms with van der Waals surface area (Å²) in [7, 11) is 0. The van der Waals surface area contributed by atoms with Gasteiger partial charge in [0.15, 0.2) is 5.58 Å². The van der Waals surface area contributed by atoms with Crippen LogP contribution in [-0.2, 0) is 0 Å². The Morgan fingerprint density at radius 2 is 2.17 bits per heavy atom. The van der Waals surface area contributed by atoms with Crippen molar-refractivity contribution < 1.29 is 4.42 Å². The summed E-state index contributed by atoms with van der Waals surface area (Å²) in [6.07, 6.45) is 2.31. The van der Waals surface area contributed by atoms with Gasteiger partial charge in [0.2, 0.25) is 0 Å². The molecule has 1 saturated carbocycles. The molecule has 0 amide bonds. The molecular formula is C14H18N2OS. The molecule has 0 radical (unpaired) electrons. The number of benzene rings is 1. The minimum atomic E-state index is 0.206. The molecule has 1 aliphatic carbocycles. The molecular weight excluding hydrogens is 244 g/mol. The molecule has 4 heteroatoms. The highest BCUT2D eigenvalue weighted by molar-refractivity contribution is 7.99. The summed E-state index contributed by atoms with van der Waals surface area (Å²) in [6.45, 7) is 4.48. The van der Waals surface area contributed by atoms with Crippen LogP contribution in [0.4, 0.5) is 0 Å². The maximum atomic E-state index is 6.31. The van der Waals surface area contributed by atoms with Crippen LogP contribution in [0, 0.1) is 5.41 Å². The number of hydrogen-bond acceptors (Lipinski definition) is 4.